The van der Waals surface area contributed by atoms with Gasteiger partial charge in [0.1, 0.15) is 16.3 Å². The molecule has 0 saturated heterocycles. The van der Waals surface area contributed by atoms with Crippen LogP contribution >= 0.6 is 11.6 Å². The van der Waals surface area contributed by atoms with Crippen LogP contribution in [0.3, 0.4) is 0 Å². The molecule has 0 aliphatic rings. The molecule has 39 heavy (non-hydrogen) atoms. The molecule has 14 heteroatoms. The molecular weight excluding hydrogens is 541 g/mol. The highest BCUT2D eigenvalue weighted by molar-refractivity contribution is 6.29. The summed E-state index contributed by atoms with van der Waals surface area (Å²) in [4.78, 5) is 31.6. The zero-order valence-corrected chi connectivity index (χ0v) is 21.3. The Bertz CT molecular complexity index is 1650. The number of halogens is 4. The van der Waals surface area contributed by atoms with Crippen LogP contribution in [0.1, 0.15) is 40.1 Å². The number of hydrogen-bond acceptors (Lipinski definition) is 8. The summed E-state index contributed by atoms with van der Waals surface area (Å²) in [6, 6.07) is 8.15. The lowest BCUT2D eigenvalue weighted by atomic mass is 10.0. The molecule has 5 rings (SSSR count). The number of ether oxygens (including phenoxy) is 2. The number of carbonyl (C=O) groups excluding carboxylic acids is 2. The molecule has 0 fully saturated rings. The van der Waals surface area contributed by atoms with Crippen molar-refractivity contribution in [3.05, 3.63) is 83.0 Å². The molecule has 0 unspecified atom stereocenters. The zero-order chi connectivity index (χ0) is 28.2. The summed E-state index contributed by atoms with van der Waals surface area (Å²) in [6.07, 6.45) is 1.27. The van der Waals surface area contributed by atoms with Gasteiger partial charge in [-0.2, -0.15) is 23.4 Å². The Labute approximate surface area is 224 Å². The smallest absolute Gasteiger partial charge is 0.417 e. The van der Waals surface area contributed by atoms with Gasteiger partial charge in [-0.1, -0.05) is 29.8 Å². The molecule has 0 spiro atoms. The molecule has 0 amide bonds. The van der Waals surface area contributed by atoms with Crippen molar-refractivity contribution in [3.8, 4) is 11.3 Å². The molecular formula is C25H20ClF3N6O4. The number of carbonyl (C=O) groups is 2. The molecule has 4 aromatic heterocycles. The molecule has 0 bridgehead atoms. The minimum Gasteiger partial charge on any atom is -0.462 e. The summed E-state index contributed by atoms with van der Waals surface area (Å²) in [7, 11) is 0. The molecule has 0 aliphatic carbocycles. The van der Waals surface area contributed by atoms with Gasteiger partial charge in [-0.3, -0.25) is 0 Å². The van der Waals surface area contributed by atoms with E-state index in [1.54, 1.807) is 26.1 Å². The van der Waals surface area contributed by atoms with Gasteiger partial charge in [0.25, 0.3) is 0 Å². The second-order valence-electron chi connectivity index (χ2n) is 7.70. The van der Waals surface area contributed by atoms with Crippen LogP contribution in [0, 0.1) is 0 Å². The van der Waals surface area contributed by atoms with Crippen LogP contribution in [-0.4, -0.2) is 54.3 Å². The van der Waals surface area contributed by atoms with Gasteiger partial charge >= 0.3 is 18.1 Å². The average molecular weight is 561 g/mol. The second-order valence-corrected chi connectivity index (χ2v) is 8.09. The predicted octanol–water partition coefficient (Wildman–Crippen LogP) is 5.15. The summed E-state index contributed by atoms with van der Waals surface area (Å²) >= 11 is 5.72. The van der Waals surface area contributed by atoms with Crippen molar-refractivity contribution >= 4 is 34.8 Å². The molecule has 0 radical (unpaired) electrons. The third kappa shape index (κ3) is 5.98. The Hall–Kier alpha value is -4.52. The van der Waals surface area contributed by atoms with Gasteiger partial charge in [-0.05, 0) is 32.0 Å². The fraction of sp³-hybridized carbons (Fsp3) is 0.200. The van der Waals surface area contributed by atoms with Crippen LogP contribution in [0.25, 0.3) is 22.6 Å². The molecule has 0 aliphatic heterocycles. The summed E-state index contributed by atoms with van der Waals surface area (Å²) in [6.45, 7) is 3.88. The molecule has 0 saturated carbocycles. The van der Waals surface area contributed by atoms with Crippen molar-refractivity contribution in [3.63, 3.8) is 0 Å². The molecule has 1 aromatic carbocycles. The van der Waals surface area contributed by atoms with E-state index in [0.29, 0.717) is 23.0 Å². The van der Waals surface area contributed by atoms with E-state index < -0.39 is 23.7 Å². The van der Waals surface area contributed by atoms with Gasteiger partial charge in [-0.15, -0.1) is 0 Å². The third-order valence-electron chi connectivity index (χ3n) is 5.20. The highest BCUT2D eigenvalue weighted by atomic mass is 35.5. The first-order valence-corrected chi connectivity index (χ1v) is 11.9. The van der Waals surface area contributed by atoms with Crippen molar-refractivity contribution in [1.29, 1.82) is 0 Å². The molecule has 202 valence electrons. The number of nitrogens with zero attached hydrogens (tertiary/aromatic N) is 6. The zero-order valence-electron chi connectivity index (χ0n) is 20.5. The Morgan fingerprint density at radius 1 is 0.846 bits per heavy atom. The quantitative estimate of drug-likeness (QED) is 0.214. The van der Waals surface area contributed by atoms with E-state index in [-0.39, 0.29) is 29.1 Å². The first-order chi connectivity index (χ1) is 18.6. The fourth-order valence-electron chi connectivity index (χ4n) is 3.53. The van der Waals surface area contributed by atoms with Crippen molar-refractivity contribution < 1.29 is 32.2 Å². The first-order valence-electron chi connectivity index (χ1n) is 11.5. The van der Waals surface area contributed by atoms with Crippen molar-refractivity contribution in [2.75, 3.05) is 13.2 Å². The molecule has 4 heterocycles. The lowest BCUT2D eigenvalue weighted by Gasteiger charge is -2.12. The standard InChI is InChI=1S/C16H12F3N3O2.C9H8ClN3O2/c1-2-24-15(23)11-9-20-22-8-7-13(21-14(11)22)10-5-3-4-6-12(10)16(17,18)19;1-2-15-9(14)6-5-11-13-4-3-7(10)12-8(6)13/h3-9H,2H2,1H3;3-5H,2H2,1H3. The van der Waals surface area contributed by atoms with Crippen LogP contribution in [0.2, 0.25) is 5.15 Å². The highest BCUT2D eigenvalue weighted by Gasteiger charge is 2.33. The van der Waals surface area contributed by atoms with Crippen LogP contribution in [0.15, 0.2) is 61.2 Å². The predicted molar refractivity (Wildman–Crippen MR) is 133 cm³/mol. The lowest BCUT2D eigenvalue weighted by molar-refractivity contribution is -0.137. The Kier molecular flexibility index (Phi) is 8.10. The number of aromatic nitrogens is 6. The van der Waals surface area contributed by atoms with E-state index in [9.17, 15) is 22.8 Å². The monoisotopic (exact) mass is 560 g/mol. The maximum absolute atomic E-state index is 13.2. The van der Waals surface area contributed by atoms with E-state index in [0.717, 1.165) is 6.07 Å². The number of rotatable bonds is 5. The Balaban J connectivity index is 0.000000202. The Morgan fingerprint density at radius 3 is 1.95 bits per heavy atom. The van der Waals surface area contributed by atoms with E-state index in [4.69, 9.17) is 21.1 Å². The van der Waals surface area contributed by atoms with Crippen LogP contribution < -0.4 is 0 Å². The average Bonchev–Trinajstić information content (AvgIpc) is 3.52. The van der Waals surface area contributed by atoms with Gasteiger partial charge in [0.05, 0.1) is 36.9 Å². The van der Waals surface area contributed by atoms with Crippen molar-refractivity contribution in [1.82, 2.24) is 29.2 Å². The van der Waals surface area contributed by atoms with Crippen molar-refractivity contribution in [2.24, 2.45) is 0 Å². The SMILES string of the molecule is CCOC(=O)c1cnn2ccc(-c3ccccc3C(F)(F)F)nc12.CCOC(=O)c1cnn2ccc(Cl)nc12. The minimum atomic E-state index is -4.51. The fourth-order valence-corrected chi connectivity index (χ4v) is 3.66. The van der Waals surface area contributed by atoms with E-state index in [1.807, 2.05) is 0 Å². The Morgan fingerprint density at radius 2 is 1.38 bits per heavy atom. The topological polar surface area (TPSA) is 113 Å². The molecule has 10 nitrogen and oxygen atoms in total. The number of fused-ring (bicyclic) bond motifs is 2. The molecule has 0 atom stereocenters. The maximum Gasteiger partial charge on any atom is 0.417 e. The molecule has 5 aromatic rings. The number of benzene rings is 1. The minimum absolute atomic E-state index is 0.0662. The number of esters is 2. The van der Waals surface area contributed by atoms with E-state index in [2.05, 4.69) is 20.2 Å². The van der Waals surface area contributed by atoms with Crippen LogP contribution in [0.5, 0.6) is 0 Å². The second kappa shape index (κ2) is 11.5. The summed E-state index contributed by atoms with van der Waals surface area (Å²) in [5, 5.41) is 8.23. The summed E-state index contributed by atoms with van der Waals surface area (Å²) in [5.74, 6) is -1.07. The summed E-state index contributed by atoms with van der Waals surface area (Å²) < 4.78 is 52.1. The van der Waals surface area contributed by atoms with Gasteiger partial charge in [0.2, 0.25) is 0 Å². The molecule has 0 N–H and O–H groups in total. The summed E-state index contributed by atoms with van der Waals surface area (Å²) in [5.41, 5.74) is 0.204. The first kappa shape index (κ1) is 27.5. The van der Waals surface area contributed by atoms with Crippen LogP contribution in [-0.2, 0) is 15.7 Å². The lowest BCUT2D eigenvalue weighted by Crippen LogP contribution is -2.08. The highest BCUT2D eigenvalue weighted by Crippen LogP contribution is 2.36. The van der Waals surface area contributed by atoms with Crippen molar-refractivity contribution in [2.45, 2.75) is 20.0 Å². The van der Waals surface area contributed by atoms with Crippen LogP contribution in [0.4, 0.5) is 13.2 Å². The number of alkyl halides is 3. The normalized spacial score (nSPS) is 11.2. The van der Waals surface area contributed by atoms with Gasteiger partial charge in [0.15, 0.2) is 11.3 Å². The van der Waals surface area contributed by atoms with Gasteiger partial charge in [0, 0.05) is 18.0 Å². The maximum atomic E-state index is 13.2. The van der Waals surface area contributed by atoms with E-state index in [1.165, 1.54) is 51.9 Å². The van der Waals surface area contributed by atoms with Gasteiger partial charge in [-0.25, -0.2) is 28.6 Å². The number of hydrogen-bond donors (Lipinski definition) is 0. The largest absolute Gasteiger partial charge is 0.462 e. The third-order valence-corrected chi connectivity index (χ3v) is 5.41. The van der Waals surface area contributed by atoms with E-state index >= 15 is 0 Å². The van der Waals surface area contributed by atoms with Gasteiger partial charge < -0.3 is 9.47 Å².